The Morgan fingerprint density at radius 1 is 1.44 bits per heavy atom. The van der Waals surface area contributed by atoms with E-state index >= 15 is 0 Å². The van der Waals surface area contributed by atoms with E-state index in [1.807, 2.05) is 13.0 Å². The monoisotopic (exact) mass is 395 g/mol. The minimum absolute atomic E-state index is 0.122. The number of hydrogen-bond donors (Lipinski definition) is 1. The molecule has 130 valence electrons. The largest absolute Gasteiger partial charge is 0.467 e. The highest BCUT2D eigenvalue weighted by Crippen LogP contribution is 2.24. The van der Waals surface area contributed by atoms with Gasteiger partial charge in [0.1, 0.15) is 11.6 Å². The molecule has 5 nitrogen and oxygen atoms in total. The first-order valence-corrected chi connectivity index (χ1v) is 9.55. The molecule has 1 N–H and O–H groups in total. The Bertz CT molecular complexity index is 904. The van der Waals surface area contributed by atoms with Crippen LogP contribution in [0.15, 0.2) is 51.4 Å². The first kappa shape index (κ1) is 17.8. The lowest BCUT2D eigenvalue weighted by Gasteiger charge is -2.10. The number of rotatable bonds is 6. The molecule has 0 fully saturated rings. The SMILES string of the molecule is C[C@H](NC(=O)CSc1nn(-c2ccc(F)cc2)c(=S)s1)c1ccco1. The molecule has 0 saturated heterocycles. The van der Waals surface area contributed by atoms with E-state index in [2.05, 4.69) is 10.4 Å². The van der Waals surface area contributed by atoms with Crippen molar-refractivity contribution in [1.82, 2.24) is 15.1 Å². The zero-order chi connectivity index (χ0) is 17.8. The van der Waals surface area contributed by atoms with Crippen LogP contribution in [0.2, 0.25) is 0 Å². The van der Waals surface area contributed by atoms with Crippen molar-refractivity contribution in [3.63, 3.8) is 0 Å². The van der Waals surface area contributed by atoms with Crippen LogP contribution in [0.3, 0.4) is 0 Å². The molecule has 9 heteroatoms. The van der Waals surface area contributed by atoms with Gasteiger partial charge >= 0.3 is 0 Å². The number of halogens is 1. The predicted molar refractivity (Wildman–Crippen MR) is 98.2 cm³/mol. The Hall–Kier alpha value is -1.97. The van der Waals surface area contributed by atoms with Crippen molar-refractivity contribution in [2.75, 3.05) is 5.75 Å². The molecule has 0 radical (unpaired) electrons. The summed E-state index contributed by atoms with van der Waals surface area (Å²) >= 11 is 7.90. The first-order valence-electron chi connectivity index (χ1n) is 7.34. The Morgan fingerprint density at radius 2 is 2.20 bits per heavy atom. The molecule has 0 aliphatic heterocycles. The molecule has 0 saturated carbocycles. The normalized spacial score (nSPS) is 12.1. The van der Waals surface area contributed by atoms with Crippen LogP contribution >= 0.6 is 35.3 Å². The first-order chi connectivity index (χ1) is 12.0. The third kappa shape index (κ3) is 4.56. The van der Waals surface area contributed by atoms with Gasteiger partial charge in [-0.1, -0.05) is 23.1 Å². The third-order valence-corrected chi connectivity index (χ3v) is 5.64. The van der Waals surface area contributed by atoms with Crippen LogP contribution in [0.1, 0.15) is 18.7 Å². The molecule has 1 amide bonds. The van der Waals surface area contributed by atoms with Gasteiger partial charge in [-0.25, -0.2) is 9.07 Å². The molecule has 25 heavy (non-hydrogen) atoms. The van der Waals surface area contributed by atoms with Gasteiger partial charge in [0.15, 0.2) is 8.29 Å². The highest BCUT2D eigenvalue weighted by atomic mass is 32.2. The van der Waals surface area contributed by atoms with Crippen LogP contribution in [-0.2, 0) is 4.79 Å². The summed E-state index contributed by atoms with van der Waals surface area (Å²) in [5, 5.41) is 7.24. The number of hydrogen-bond acceptors (Lipinski definition) is 6. The zero-order valence-electron chi connectivity index (χ0n) is 13.1. The fraction of sp³-hybridized carbons (Fsp3) is 0.188. The lowest BCUT2D eigenvalue weighted by atomic mass is 10.2. The number of nitrogens with one attached hydrogen (secondary N) is 1. The molecule has 1 atom stereocenters. The number of carbonyl (C=O) groups is 1. The molecule has 0 aliphatic rings. The van der Waals surface area contributed by atoms with Gasteiger partial charge in [-0.05, 0) is 55.5 Å². The van der Waals surface area contributed by atoms with Gasteiger partial charge in [0.2, 0.25) is 5.91 Å². The second-order valence-corrected chi connectivity index (χ2v) is 7.96. The lowest BCUT2D eigenvalue weighted by molar-refractivity contribution is -0.119. The number of benzene rings is 1. The lowest BCUT2D eigenvalue weighted by Crippen LogP contribution is -2.27. The average molecular weight is 396 g/mol. The van der Waals surface area contributed by atoms with Crippen LogP contribution in [-0.4, -0.2) is 21.4 Å². The van der Waals surface area contributed by atoms with Gasteiger partial charge in [-0.2, -0.15) is 0 Å². The summed E-state index contributed by atoms with van der Waals surface area (Å²) in [4.78, 5) is 12.0. The standard InChI is InChI=1S/C16H14FN3O2S3/c1-10(13-3-2-8-22-13)18-14(21)9-24-15-19-20(16(23)25-15)12-6-4-11(17)5-7-12/h2-8,10H,9H2,1H3,(H,18,21)/t10-/m0/s1. The van der Waals surface area contributed by atoms with E-state index in [1.54, 1.807) is 29.1 Å². The topological polar surface area (TPSA) is 60.1 Å². The highest BCUT2D eigenvalue weighted by molar-refractivity contribution is 8.01. The summed E-state index contributed by atoms with van der Waals surface area (Å²) in [7, 11) is 0. The maximum atomic E-state index is 13.0. The summed E-state index contributed by atoms with van der Waals surface area (Å²) in [5.41, 5.74) is 0.686. The van der Waals surface area contributed by atoms with Gasteiger partial charge in [0.25, 0.3) is 0 Å². The zero-order valence-corrected chi connectivity index (χ0v) is 15.6. The van der Waals surface area contributed by atoms with E-state index in [-0.39, 0.29) is 23.5 Å². The van der Waals surface area contributed by atoms with Gasteiger partial charge in [0.05, 0.1) is 23.7 Å². The summed E-state index contributed by atoms with van der Waals surface area (Å²) < 4.78 is 21.1. The van der Waals surface area contributed by atoms with E-state index in [1.165, 1.54) is 35.2 Å². The number of amides is 1. The Labute approximate surface area is 156 Å². The van der Waals surface area contributed by atoms with Crippen molar-refractivity contribution < 1.29 is 13.6 Å². The molecule has 2 aromatic heterocycles. The maximum Gasteiger partial charge on any atom is 0.231 e. The second-order valence-electron chi connectivity index (χ2n) is 5.12. The summed E-state index contributed by atoms with van der Waals surface area (Å²) in [6, 6.07) is 9.32. The molecular formula is C16H14FN3O2S3. The summed E-state index contributed by atoms with van der Waals surface area (Å²) in [5.74, 6) is 0.483. The van der Waals surface area contributed by atoms with E-state index in [0.717, 1.165) is 0 Å². The third-order valence-electron chi connectivity index (χ3n) is 3.27. The summed E-state index contributed by atoms with van der Waals surface area (Å²) in [6.45, 7) is 1.86. The van der Waals surface area contributed by atoms with Gasteiger partial charge in [0, 0.05) is 0 Å². The average Bonchev–Trinajstić information content (AvgIpc) is 3.24. The van der Waals surface area contributed by atoms with Crippen LogP contribution in [0, 0.1) is 9.77 Å². The quantitative estimate of drug-likeness (QED) is 0.496. The van der Waals surface area contributed by atoms with Crippen molar-refractivity contribution >= 4 is 41.2 Å². The molecule has 2 heterocycles. The van der Waals surface area contributed by atoms with E-state index < -0.39 is 0 Å². The van der Waals surface area contributed by atoms with Gasteiger partial charge < -0.3 is 9.73 Å². The number of thioether (sulfide) groups is 1. The highest BCUT2D eigenvalue weighted by Gasteiger charge is 2.13. The molecule has 1 aromatic carbocycles. The summed E-state index contributed by atoms with van der Waals surface area (Å²) in [6.07, 6.45) is 1.57. The molecule has 3 aromatic rings. The molecule has 0 unspecified atom stereocenters. The van der Waals surface area contributed by atoms with Crippen molar-refractivity contribution in [1.29, 1.82) is 0 Å². The molecule has 0 aliphatic carbocycles. The smallest absolute Gasteiger partial charge is 0.231 e. The number of nitrogens with zero attached hydrogens (tertiary/aromatic N) is 2. The van der Waals surface area contributed by atoms with Crippen molar-refractivity contribution in [3.05, 3.63) is 58.2 Å². The predicted octanol–water partition coefficient (Wildman–Crippen LogP) is 4.36. The Balaban J connectivity index is 1.60. The minimum atomic E-state index is -0.317. The number of furan rings is 1. The van der Waals surface area contributed by atoms with Gasteiger partial charge in [-0.3, -0.25) is 4.79 Å². The molecule has 0 bridgehead atoms. The van der Waals surface area contributed by atoms with Crippen molar-refractivity contribution in [2.24, 2.45) is 0 Å². The Kier molecular flexibility index (Phi) is 5.67. The fourth-order valence-electron chi connectivity index (χ4n) is 2.08. The van der Waals surface area contributed by atoms with E-state index in [0.29, 0.717) is 19.7 Å². The Morgan fingerprint density at radius 3 is 2.88 bits per heavy atom. The maximum absolute atomic E-state index is 13.0. The van der Waals surface area contributed by atoms with E-state index in [9.17, 15) is 9.18 Å². The van der Waals surface area contributed by atoms with Gasteiger partial charge in [-0.15, -0.1) is 5.10 Å². The minimum Gasteiger partial charge on any atom is -0.467 e. The van der Waals surface area contributed by atoms with Crippen LogP contribution in [0.4, 0.5) is 4.39 Å². The number of carbonyl (C=O) groups excluding carboxylic acids is 1. The molecular weight excluding hydrogens is 381 g/mol. The van der Waals surface area contributed by atoms with Crippen LogP contribution in [0.25, 0.3) is 5.69 Å². The van der Waals surface area contributed by atoms with Crippen LogP contribution < -0.4 is 5.32 Å². The van der Waals surface area contributed by atoms with Crippen LogP contribution in [0.5, 0.6) is 0 Å². The van der Waals surface area contributed by atoms with Crippen molar-refractivity contribution in [2.45, 2.75) is 17.3 Å². The van der Waals surface area contributed by atoms with E-state index in [4.69, 9.17) is 16.6 Å². The second kappa shape index (κ2) is 7.94. The fourth-order valence-corrected chi connectivity index (χ4v) is 4.26. The number of aromatic nitrogens is 2. The molecule has 3 rings (SSSR count). The van der Waals surface area contributed by atoms with Crippen molar-refractivity contribution in [3.8, 4) is 5.69 Å². The molecule has 0 spiro atoms.